The Morgan fingerprint density at radius 2 is 1.88 bits per heavy atom. The van der Waals surface area contributed by atoms with Crippen molar-refractivity contribution in [1.29, 1.82) is 0 Å². The first-order chi connectivity index (χ1) is 12.5. The summed E-state index contributed by atoms with van der Waals surface area (Å²) in [7, 11) is 1.34. The lowest BCUT2D eigenvalue weighted by atomic mass is 9.94. The molecule has 1 aromatic rings. The highest BCUT2D eigenvalue weighted by atomic mass is 32.1. The van der Waals surface area contributed by atoms with E-state index in [9.17, 15) is 9.59 Å². The summed E-state index contributed by atoms with van der Waals surface area (Å²) in [6.45, 7) is 4.00. The van der Waals surface area contributed by atoms with E-state index in [0.717, 1.165) is 24.1 Å². The van der Waals surface area contributed by atoms with E-state index in [0.29, 0.717) is 28.9 Å². The zero-order valence-electron chi connectivity index (χ0n) is 15.1. The number of esters is 2. The SMILES string of the molecule is CCOC(=O)C1=C(C)N(C2CC2)C(=S)N[C@H]1c1ccc(C(=O)OC)cc1. The number of hydrogen-bond acceptors (Lipinski definition) is 5. The zero-order valence-corrected chi connectivity index (χ0v) is 15.9. The molecule has 3 rings (SSSR count). The molecule has 0 radical (unpaired) electrons. The number of nitrogens with one attached hydrogen (secondary N) is 1. The van der Waals surface area contributed by atoms with Crippen molar-refractivity contribution >= 4 is 29.3 Å². The molecule has 1 N–H and O–H groups in total. The van der Waals surface area contributed by atoms with Gasteiger partial charge in [0.05, 0.1) is 30.9 Å². The number of allylic oxidation sites excluding steroid dienone is 1. The van der Waals surface area contributed by atoms with Gasteiger partial charge in [0.15, 0.2) is 5.11 Å². The van der Waals surface area contributed by atoms with Crippen LogP contribution in [0.25, 0.3) is 0 Å². The first-order valence-corrected chi connectivity index (χ1v) is 9.04. The standard InChI is InChI=1S/C19H22N2O4S/c1-4-25-18(23)15-11(2)21(14-9-10-14)19(26)20-16(15)12-5-7-13(8-6-12)17(22)24-3/h5-8,14,16H,4,9-10H2,1-3H3,(H,20,26)/t16-/m0/s1. The van der Waals surface area contributed by atoms with Gasteiger partial charge in [-0.05, 0) is 56.6 Å². The number of methoxy groups -OCH3 is 1. The minimum absolute atomic E-state index is 0.303. The van der Waals surface area contributed by atoms with Crippen molar-refractivity contribution in [2.45, 2.75) is 38.8 Å². The van der Waals surface area contributed by atoms with Crippen LogP contribution in [0, 0.1) is 0 Å². The summed E-state index contributed by atoms with van der Waals surface area (Å²) in [6.07, 6.45) is 2.13. The van der Waals surface area contributed by atoms with Crippen LogP contribution in [0.15, 0.2) is 35.5 Å². The lowest BCUT2D eigenvalue weighted by Gasteiger charge is -2.37. The van der Waals surface area contributed by atoms with Gasteiger partial charge in [-0.2, -0.15) is 0 Å². The Kier molecular flexibility index (Phi) is 5.27. The number of benzene rings is 1. The molecular weight excluding hydrogens is 352 g/mol. The number of ether oxygens (including phenoxy) is 2. The predicted octanol–water partition coefficient (Wildman–Crippen LogP) is 2.70. The molecule has 0 aromatic heterocycles. The second kappa shape index (κ2) is 7.45. The van der Waals surface area contributed by atoms with E-state index in [1.807, 2.05) is 11.8 Å². The molecule has 0 spiro atoms. The van der Waals surface area contributed by atoms with Crippen molar-refractivity contribution in [2.75, 3.05) is 13.7 Å². The number of thiocarbonyl (C=S) groups is 1. The van der Waals surface area contributed by atoms with Crippen LogP contribution in [-0.4, -0.2) is 41.7 Å². The third kappa shape index (κ3) is 3.44. The highest BCUT2D eigenvalue weighted by Gasteiger charge is 2.40. The average Bonchev–Trinajstić information content (AvgIpc) is 3.45. The van der Waals surface area contributed by atoms with Crippen molar-refractivity contribution < 1.29 is 19.1 Å². The lowest BCUT2D eigenvalue weighted by molar-refractivity contribution is -0.139. The highest BCUT2D eigenvalue weighted by molar-refractivity contribution is 7.80. The number of hydrogen-bond donors (Lipinski definition) is 1. The van der Waals surface area contributed by atoms with Crippen LogP contribution in [0.5, 0.6) is 0 Å². The zero-order chi connectivity index (χ0) is 18.8. The minimum atomic E-state index is -0.414. The van der Waals surface area contributed by atoms with Crippen LogP contribution in [0.1, 0.15) is 48.7 Å². The highest BCUT2D eigenvalue weighted by Crippen LogP contribution is 2.38. The van der Waals surface area contributed by atoms with Crippen molar-refractivity contribution in [3.63, 3.8) is 0 Å². The first-order valence-electron chi connectivity index (χ1n) is 8.63. The van der Waals surface area contributed by atoms with Gasteiger partial charge in [0, 0.05) is 11.7 Å². The molecule has 1 aliphatic heterocycles. The predicted molar refractivity (Wildman–Crippen MR) is 100 cm³/mol. The van der Waals surface area contributed by atoms with Crippen molar-refractivity contribution in [3.05, 3.63) is 46.7 Å². The summed E-state index contributed by atoms with van der Waals surface area (Å²) >= 11 is 5.54. The largest absolute Gasteiger partial charge is 0.465 e. The summed E-state index contributed by atoms with van der Waals surface area (Å²) in [6, 6.07) is 6.89. The summed E-state index contributed by atoms with van der Waals surface area (Å²) in [4.78, 5) is 26.3. The number of carbonyl (C=O) groups excluding carboxylic acids is 2. The van der Waals surface area contributed by atoms with Gasteiger partial charge >= 0.3 is 11.9 Å². The Balaban J connectivity index is 1.99. The van der Waals surface area contributed by atoms with Gasteiger partial charge in [-0.25, -0.2) is 9.59 Å². The molecule has 1 saturated carbocycles. The second-order valence-corrected chi connectivity index (χ2v) is 6.70. The summed E-state index contributed by atoms with van der Waals surface area (Å²) in [5.41, 5.74) is 2.67. The van der Waals surface area contributed by atoms with Crippen LogP contribution in [0.2, 0.25) is 0 Å². The quantitative estimate of drug-likeness (QED) is 0.628. The van der Waals surface area contributed by atoms with Crippen molar-refractivity contribution in [2.24, 2.45) is 0 Å². The molecule has 1 fully saturated rings. The third-order valence-electron chi connectivity index (χ3n) is 4.60. The topological polar surface area (TPSA) is 67.9 Å². The van der Waals surface area contributed by atoms with E-state index in [1.165, 1.54) is 7.11 Å². The van der Waals surface area contributed by atoms with E-state index in [1.54, 1.807) is 31.2 Å². The van der Waals surface area contributed by atoms with Crippen molar-refractivity contribution in [1.82, 2.24) is 10.2 Å². The Bertz CT molecular complexity index is 768. The molecule has 138 valence electrons. The molecule has 0 unspecified atom stereocenters. The lowest BCUT2D eigenvalue weighted by Crippen LogP contribution is -2.48. The number of carbonyl (C=O) groups is 2. The van der Waals surface area contributed by atoms with E-state index in [-0.39, 0.29) is 5.97 Å². The van der Waals surface area contributed by atoms with Crippen LogP contribution in [0.3, 0.4) is 0 Å². The summed E-state index contributed by atoms with van der Waals surface area (Å²) in [5.74, 6) is -0.756. The fraction of sp³-hybridized carbons (Fsp3) is 0.421. The molecule has 6 nitrogen and oxygen atoms in total. The molecule has 7 heteroatoms. The van der Waals surface area contributed by atoms with Crippen LogP contribution in [0.4, 0.5) is 0 Å². The van der Waals surface area contributed by atoms with Gasteiger partial charge in [-0.1, -0.05) is 12.1 Å². The van der Waals surface area contributed by atoms with E-state index >= 15 is 0 Å². The smallest absolute Gasteiger partial charge is 0.338 e. The molecular formula is C19H22N2O4S. The monoisotopic (exact) mass is 374 g/mol. The fourth-order valence-electron chi connectivity index (χ4n) is 3.18. The Labute approximate surface area is 158 Å². The van der Waals surface area contributed by atoms with Crippen molar-refractivity contribution in [3.8, 4) is 0 Å². The molecule has 0 saturated heterocycles. The first kappa shape index (κ1) is 18.4. The molecule has 0 bridgehead atoms. The maximum atomic E-state index is 12.6. The molecule has 26 heavy (non-hydrogen) atoms. The van der Waals surface area contributed by atoms with Gasteiger partial charge < -0.3 is 19.7 Å². The average molecular weight is 374 g/mol. The Hall–Kier alpha value is -2.41. The van der Waals surface area contributed by atoms with Gasteiger partial charge in [-0.3, -0.25) is 0 Å². The van der Waals surface area contributed by atoms with E-state index in [4.69, 9.17) is 21.7 Å². The van der Waals surface area contributed by atoms with E-state index < -0.39 is 12.0 Å². The van der Waals surface area contributed by atoms with Gasteiger partial charge in [0.2, 0.25) is 0 Å². The Morgan fingerprint density at radius 3 is 2.42 bits per heavy atom. The Morgan fingerprint density at radius 1 is 1.23 bits per heavy atom. The maximum Gasteiger partial charge on any atom is 0.338 e. The van der Waals surface area contributed by atoms with Crippen LogP contribution >= 0.6 is 12.2 Å². The minimum Gasteiger partial charge on any atom is -0.465 e. The summed E-state index contributed by atoms with van der Waals surface area (Å²) in [5, 5.41) is 3.88. The third-order valence-corrected chi connectivity index (χ3v) is 4.91. The molecule has 0 amide bonds. The van der Waals surface area contributed by atoms with Crippen LogP contribution in [-0.2, 0) is 14.3 Å². The maximum absolute atomic E-state index is 12.6. The molecule has 1 heterocycles. The van der Waals surface area contributed by atoms with Gasteiger partial charge in [0.25, 0.3) is 0 Å². The second-order valence-electron chi connectivity index (χ2n) is 6.32. The normalized spacial score (nSPS) is 19.9. The number of nitrogens with zero attached hydrogens (tertiary/aromatic N) is 1. The molecule has 1 aliphatic carbocycles. The fourth-order valence-corrected chi connectivity index (χ4v) is 3.59. The molecule has 2 aliphatic rings. The summed E-state index contributed by atoms with van der Waals surface area (Å²) < 4.78 is 10.0. The van der Waals surface area contributed by atoms with E-state index in [2.05, 4.69) is 5.32 Å². The van der Waals surface area contributed by atoms with Crippen LogP contribution < -0.4 is 5.32 Å². The molecule has 1 atom stereocenters. The van der Waals surface area contributed by atoms with Gasteiger partial charge in [-0.15, -0.1) is 0 Å². The number of rotatable bonds is 5. The molecule has 1 aromatic carbocycles. The van der Waals surface area contributed by atoms with Gasteiger partial charge in [0.1, 0.15) is 0 Å².